The molecule has 1 unspecified atom stereocenters. The van der Waals surface area contributed by atoms with Crippen LogP contribution in [0.5, 0.6) is 5.88 Å². The maximum atomic E-state index is 12.2. The lowest BCUT2D eigenvalue weighted by Gasteiger charge is -2.23. The fraction of sp³-hybridized carbons (Fsp3) is 0.538. The second-order valence-corrected chi connectivity index (χ2v) is 4.61. The van der Waals surface area contributed by atoms with Crippen molar-refractivity contribution in [3.05, 3.63) is 18.3 Å². The topological polar surface area (TPSA) is 63.2 Å². The van der Waals surface area contributed by atoms with Gasteiger partial charge in [0.25, 0.3) is 0 Å². The Morgan fingerprint density at radius 1 is 1.67 bits per heavy atom. The molecule has 5 nitrogen and oxygen atoms in total. The van der Waals surface area contributed by atoms with E-state index in [-0.39, 0.29) is 5.91 Å². The van der Waals surface area contributed by atoms with Crippen molar-refractivity contribution in [3.63, 3.8) is 0 Å². The predicted molar refractivity (Wildman–Crippen MR) is 69.7 cm³/mol. The van der Waals surface area contributed by atoms with Crippen molar-refractivity contribution < 1.29 is 9.53 Å². The quantitative estimate of drug-likeness (QED) is 0.850. The summed E-state index contributed by atoms with van der Waals surface area (Å²) in [7, 11) is 0. The van der Waals surface area contributed by atoms with Crippen LogP contribution < -0.4 is 15.4 Å². The Labute approximate surface area is 107 Å². The summed E-state index contributed by atoms with van der Waals surface area (Å²) < 4.78 is 5.39. The molecule has 1 aliphatic heterocycles. The van der Waals surface area contributed by atoms with E-state index in [1.54, 1.807) is 18.3 Å². The van der Waals surface area contributed by atoms with Gasteiger partial charge in [0.1, 0.15) is 5.69 Å². The van der Waals surface area contributed by atoms with Gasteiger partial charge in [-0.15, -0.1) is 0 Å². The van der Waals surface area contributed by atoms with Crippen LogP contribution in [0, 0.1) is 0 Å². The van der Waals surface area contributed by atoms with Gasteiger partial charge in [0.15, 0.2) is 0 Å². The van der Waals surface area contributed by atoms with Crippen molar-refractivity contribution in [1.82, 2.24) is 10.3 Å². The molecule has 1 atom stereocenters. The smallest absolute Gasteiger partial charge is 0.244 e. The molecular formula is C13H19N3O2. The number of anilines is 1. The molecule has 0 spiro atoms. The maximum Gasteiger partial charge on any atom is 0.244 e. The van der Waals surface area contributed by atoms with E-state index in [0.717, 1.165) is 19.4 Å². The SMILES string of the molecule is CCOc1ncccc1NC(=O)C1(C)CCCN1. The van der Waals surface area contributed by atoms with E-state index in [2.05, 4.69) is 15.6 Å². The van der Waals surface area contributed by atoms with Gasteiger partial charge in [-0.2, -0.15) is 0 Å². The first-order valence-corrected chi connectivity index (χ1v) is 6.30. The molecule has 5 heteroatoms. The number of aromatic nitrogens is 1. The van der Waals surface area contributed by atoms with Gasteiger partial charge in [-0.25, -0.2) is 4.98 Å². The van der Waals surface area contributed by atoms with Crippen LogP contribution in [0.4, 0.5) is 5.69 Å². The number of hydrogen-bond acceptors (Lipinski definition) is 4. The van der Waals surface area contributed by atoms with Crippen molar-refractivity contribution in [3.8, 4) is 5.88 Å². The van der Waals surface area contributed by atoms with Crippen LogP contribution in [0.2, 0.25) is 0 Å². The Morgan fingerprint density at radius 3 is 3.17 bits per heavy atom. The fourth-order valence-electron chi connectivity index (χ4n) is 2.09. The number of pyridine rings is 1. The van der Waals surface area contributed by atoms with Crippen molar-refractivity contribution in [2.24, 2.45) is 0 Å². The first kappa shape index (κ1) is 12.8. The molecule has 1 amide bonds. The molecule has 0 aliphatic carbocycles. The summed E-state index contributed by atoms with van der Waals surface area (Å²) in [4.78, 5) is 16.3. The zero-order valence-electron chi connectivity index (χ0n) is 10.8. The Bertz CT molecular complexity index is 428. The average molecular weight is 249 g/mol. The highest BCUT2D eigenvalue weighted by atomic mass is 16.5. The Balaban J connectivity index is 2.11. The lowest BCUT2D eigenvalue weighted by Crippen LogP contribution is -2.48. The first-order chi connectivity index (χ1) is 8.65. The molecule has 0 bridgehead atoms. The van der Waals surface area contributed by atoms with E-state index in [9.17, 15) is 4.79 Å². The summed E-state index contributed by atoms with van der Waals surface area (Å²) in [5.74, 6) is 0.434. The second-order valence-electron chi connectivity index (χ2n) is 4.61. The normalized spacial score (nSPS) is 22.8. The van der Waals surface area contributed by atoms with Gasteiger partial charge in [-0.05, 0) is 45.4 Å². The lowest BCUT2D eigenvalue weighted by atomic mass is 9.99. The third-order valence-electron chi connectivity index (χ3n) is 3.17. The summed E-state index contributed by atoms with van der Waals surface area (Å²) in [5, 5.41) is 6.12. The van der Waals surface area contributed by atoms with Crippen molar-refractivity contribution in [1.29, 1.82) is 0 Å². The van der Waals surface area contributed by atoms with Gasteiger partial charge in [0.2, 0.25) is 11.8 Å². The summed E-state index contributed by atoms with van der Waals surface area (Å²) in [6.07, 6.45) is 3.52. The fourth-order valence-corrected chi connectivity index (χ4v) is 2.09. The van der Waals surface area contributed by atoms with Crippen LogP contribution in [0.1, 0.15) is 26.7 Å². The maximum absolute atomic E-state index is 12.2. The Hall–Kier alpha value is -1.62. The molecule has 1 aromatic heterocycles. The average Bonchev–Trinajstić information content (AvgIpc) is 2.80. The molecule has 98 valence electrons. The number of rotatable bonds is 4. The number of ether oxygens (including phenoxy) is 1. The third kappa shape index (κ3) is 2.61. The van der Waals surface area contributed by atoms with E-state index < -0.39 is 5.54 Å². The van der Waals surface area contributed by atoms with Crippen LogP contribution in [0.3, 0.4) is 0 Å². The number of nitrogens with zero attached hydrogens (tertiary/aromatic N) is 1. The van der Waals surface area contributed by atoms with Crippen LogP contribution in [0.25, 0.3) is 0 Å². The largest absolute Gasteiger partial charge is 0.476 e. The minimum absolute atomic E-state index is 0.0334. The van der Waals surface area contributed by atoms with Crippen LogP contribution >= 0.6 is 0 Å². The van der Waals surface area contributed by atoms with Gasteiger partial charge >= 0.3 is 0 Å². The zero-order valence-corrected chi connectivity index (χ0v) is 10.8. The summed E-state index contributed by atoms with van der Waals surface area (Å²) in [5.41, 5.74) is 0.138. The number of carbonyl (C=O) groups excluding carboxylic acids is 1. The number of carbonyl (C=O) groups is 1. The highest BCUT2D eigenvalue weighted by Gasteiger charge is 2.36. The molecule has 2 N–H and O–H groups in total. The number of hydrogen-bond donors (Lipinski definition) is 2. The van der Waals surface area contributed by atoms with Crippen LogP contribution in [-0.4, -0.2) is 29.6 Å². The van der Waals surface area contributed by atoms with Crippen LogP contribution in [0.15, 0.2) is 18.3 Å². The van der Waals surface area contributed by atoms with Gasteiger partial charge in [-0.1, -0.05) is 0 Å². The molecular weight excluding hydrogens is 230 g/mol. The minimum atomic E-state index is -0.487. The van der Waals surface area contributed by atoms with E-state index in [4.69, 9.17) is 4.74 Å². The van der Waals surface area contributed by atoms with Crippen molar-refractivity contribution in [2.75, 3.05) is 18.5 Å². The lowest BCUT2D eigenvalue weighted by molar-refractivity contribution is -0.121. The zero-order chi connectivity index (χ0) is 13.0. The highest BCUT2D eigenvalue weighted by molar-refractivity contribution is 5.98. The number of nitrogens with one attached hydrogen (secondary N) is 2. The standard InChI is InChI=1S/C13H19N3O2/c1-3-18-11-10(6-4-8-14-11)16-12(17)13(2)7-5-9-15-13/h4,6,8,15H,3,5,7,9H2,1-2H3,(H,16,17). The van der Waals surface area contributed by atoms with Gasteiger partial charge in [0.05, 0.1) is 12.1 Å². The monoisotopic (exact) mass is 249 g/mol. The van der Waals surface area contributed by atoms with Crippen molar-refractivity contribution in [2.45, 2.75) is 32.2 Å². The molecule has 1 fully saturated rings. The second kappa shape index (κ2) is 5.35. The molecule has 18 heavy (non-hydrogen) atoms. The molecule has 1 aliphatic rings. The van der Waals surface area contributed by atoms with Gasteiger partial charge < -0.3 is 15.4 Å². The van der Waals surface area contributed by atoms with E-state index in [0.29, 0.717) is 18.2 Å². The van der Waals surface area contributed by atoms with E-state index in [1.807, 2.05) is 13.8 Å². The predicted octanol–water partition coefficient (Wildman–Crippen LogP) is 1.56. The van der Waals surface area contributed by atoms with E-state index >= 15 is 0 Å². The molecule has 2 heterocycles. The Morgan fingerprint density at radius 2 is 2.50 bits per heavy atom. The number of amides is 1. The molecule has 0 saturated carbocycles. The summed E-state index contributed by atoms with van der Waals surface area (Å²) in [6.45, 7) is 5.22. The van der Waals surface area contributed by atoms with Crippen molar-refractivity contribution >= 4 is 11.6 Å². The van der Waals surface area contributed by atoms with Gasteiger partial charge in [-0.3, -0.25) is 4.79 Å². The molecule has 0 radical (unpaired) electrons. The van der Waals surface area contributed by atoms with Gasteiger partial charge in [0, 0.05) is 6.20 Å². The van der Waals surface area contributed by atoms with Crippen LogP contribution in [-0.2, 0) is 4.79 Å². The summed E-state index contributed by atoms with van der Waals surface area (Å²) >= 11 is 0. The molecule has 2 rings (SSSR count). The molecule has 1 aromatic rings. The highest BCUT2D eigenvalue weighted by Crippen LogP contribution is 2.24. The Kier molecular flexibility index (Phi) is 3.81. The van der Waals surface area contributed by atoms with E-state index in [1.165, 1.54) is 0 Å². The first-order valence-electron chi connectivity index (χ1n) is 6.30. The molecule has 0 aromatic carbocycles. The summed E-state index contributed by atoms with van der Waals surface area (Å²) in [6, 6.07) is 3.58. The minimum Gasteiger partial charge on any atom is -0.476 e. The third-order valence-corrected chi connectivity index (χ3v) is 3.17. The molecule has 1 saturated heterocycles.